The molecule has 1 atom stereocenters. The number of hydrogen-bond donors (Lipinski definition) is 2. The summed E-state index contributed by atoms with van der Waals surface area (Å²) in [5, 5.41) is 9.57. The second-order valence-electron chi connectivity index (χ2n) is 2.85. The first kappa shape index (κ1) is 10.6. The van der Waals surface area contributed by atoms with Crippen molar-refractivity contribution in [2.45, 2.75) is 13.0 Å². The molecule has 6 nitrogen and oxygen atoms in total. The van der Waals surface area contributed by atoms with Crippen LogP contribution in [0.3, 0.4) is 0 Å². The lowest BCUT2D eigenvalue weighted by molar-refractivity contribution is 0.0773. The molecule has 1 aromatic heterocycles. The molecule has 0 spiro atoms. The molecule has 0 radical (unpaired) electrons. The molecule has 0 saturated carbocycles. The third-order valence-corrected chi connectivity index (χ3v) is 2.29. The molecule has 0 aliphatic rings. The number of carbonyl (C=O) groups excluding carboxylic acids is 1. The van der Waals surface area contributed by atoms with Gasteiger partial charge in [-0.25, -0.2) is 0 Å². The van der Waals surface area contributed by atoms with E-state index in [0.29, 0.717) is 0 Å². The van der Waals surface area contributed by atoms with Crippen molar-refractivity contribution in [3.05, 3.63) is 11.9 Å². The SMILES string of the molecule is CC(C(N)=S)N(C)C(=O)c1cn[nH]n1. The van der Waals surface area contributed by atoms with Gasteiger partial charge in [-0.3, -0.25) is 4.79 Å². The number of H-pyrrole nitrogens is 1. The predicted molar refractivity (Wildman–Crippen MR) is 54.7 cm³/mol. The molecular formula is C7H11N5OS. The number of rotatable bonds is 3. The smallest absolute Gasteiger partial charge is 0.276 e. The molecule has 0 aliphatic heterocycles. The predicted octanol–water partition coefficient (Wildman–Crippen LogP) is -0.449. The van der Waals surface area contributed by atoms with E-state index in [1.54, 1.807) is 14.0 Å². The third-order valence-electron chi connectivity index (χ3n) is 1.95. The van der Waals surface area contributed by atoms with Gasteiger partial charge in [0.25, 0.3) is 5.91 Å². The lowest BCUT2D eigenvalue weighted by Crippen LogP contribution is -2.42. The standard InChI is InChI=1S/C7H11N5OS/c1-4(6(8)14)12(2)7(13)5-3-9-11-10-5/h3-4H,1-2H3,(H2,8,14)(H,9,10,11). The normalized spacial score (nSPS) is 12.1. The Balaban J connectivity index is 2.76. The minimum atomic E-state index is -0.297. The highest BCUT2D eigenvalue weighted by Gasteiger charge is 2.20. The van der Waals surface area contributed by atoms with Crippen LogP contribution in [-0.2, 0) is 0 Å². The van der Waals surface area contributed by atoms with Crippen molar-refractivity contribution in [1.29, 1.82) is 0 Å². The first-order chi connectivity index (χ1) is 6.54. The minimum Gasteiger partial charge on any atom is -0.392 e. The number of nitrogens with two attached hydrogens (primary N) is 1. The summed E-state index contributed by atoms with van der Waals surface area (Å²) in [6, 6.07) is -0.297. The largest absolute Gasteiger partial charge is 0.392 e. The van der Waals surface area contributed by atoms with Gasteiger partial charge in [0.05, 0.1) is 17.2 Å². The van der Waals surface area contributed by atoms with E-state index in [4.69, 9.17) is 18.0 Å². The summed E-state index contributed by atoms with van der Waals surface area (Å²) in [5.74, 6) is -0.265. The summed E-state index contributed by atoms with van der Waals surface area (Å²) in [4.78, 5) is 13.3. The van der Waals surface area contributed by atoms with Crippen LogP contribution < -0.4 is 5.73 Å². The lowest BCUT2D eigenvalue weighted by Gasteiger charge is -2.22. The zero-order valence-corrected chi connectivity index (χ0v) is 8.71. The maximum Gasteiger partial charge on any atom is 0.276 e. The molecule has 1 heterocycles. The quantitative estimate of drug-likeness (QED) is 0.664. The van der Waals surface area contributed by atoms with Crippen LogP contribution in [-0.4, -0.2) is 44.3 Å². The highest BCUT2D eigenvalue weighted by atomic mass is 32.1. The number of aromatic amines is 1. The van der Waals surface area contributed by atoms with Crippen molar-refractivity contribution < 1.29 is 4.79 Å². The van der Waals surface area contributed by atoms with Gasteiger partial charge in [-0.05, 0) is 6.92 Å². The molecule has 1 rings (SSSR count). The van der Waals surface area contributed by atoms with Gasteiger partial charge in [-0.15, -0.1) is 0 Å². The van der Waals surface area contributed by atoms with Gasteiger partial charge < -0.3 is 10.6 Å². The Morgan fingerprint density at radius 2 is 2.43 bits per heavy atom. The van der Waals surface area contributed by atoms with Crippen LogP contribution in [0.4, 0.5) is 0 Å². The molecular weight excluding hydrogens is 202 g/mol. The molecule has 76 valence electrons. The van der Waals surface area contributed by atoms with Gasteiger partial charge in [0.15, 0.2) is 5.69 Å². The highest BCUT2D eigenvalue weighted by Crippen LogP contribution is 2.02. The molecule has 14 heavy (non-hydrogen) atoms. The maximum atomic E-state index is 11.6. The van der Waals surface area contributed by atoms with E-state index in [0.717, 1.165) is 0 Å². The summed E-state index contributed by atoms with van der Waals surface area (Å²) in [6.45, 7) is 1.75. The lowest BCUT2D eigenvalue weighted by atomic mass is 10.3. The second kappa shape index (κ2) is 4.14. The van der Waals surface area contributed by atoms with E-state index in [1.807, 2.05) is 0 Å². The van der Waals surface area contributed by atoms with Crippen molar-refractivity contribution in [1.82, 2.24) is 20.3 Å². The highest BCUT2D eigenvalue weighted by molar-refractivity contribution is 7.80. The Hall–Kier alpha value is -1.50. The number of carbonyl (C=O) groups is 1. The molecule has 7 heteroatoms. The van der Waals surface area contributed by atoms with E-state index in [1.165, 1.54) is 11.1 Å². The Labute approximate surface area is 86.5 Å². The monoisotopic (exact) mass is 213 g/mol. The molecule has 3 N–H and O–H groups in total. The van der Waals surface area contributed by atoms with Crippen LogP contribution in [0.2, 0.25) is 0 Å². The van der Waals surface area contributed by atoms with Gasteiger partial charge in [0.1, 0.15) is 0 Å². The van der Waals surface area contributed by atoms with Gasteiger partial charge in [0, 0.05) is 7.05 Å². The van der Waals surface area contributed by atoms with E-state index >= 15 is 0 Å². The van der Waals surface area contributed by atoms with Crippen molar-refractivity contribution in [3.63, 3.8) is 0 Å². The summed E-state index contributed by atoms with van der Waals surface area (Å²) < 4.78 is 0. The number of amides is 1. The van der Waals surface area contributed by atoms with Crippen LogP contribution in [0.15, 0.2) is 6.20 Å². The summed E-state index contributed by atoms with van der Waals surface area (Å²) in [5.41, 5.74) is 5.67. The van der Waals surface area contributed by atoms with Crippen LogP contribution in [0.25, 0.3) is 0 Å². The number of thiocarbonyl (C=S) groups is 1. The molecule has 1 unspecified atom stereocenters. The summed E-state index contributed by atoms with van der Waals surface area (Å²) in [7, 11) is 1.61. The molecule has 0 bridgehead atoms. The van der Waals surface area contributed by atoms with E-state index in [-0.39, 0.29) is 22.6 Å². The number of hydrogen-bond acceptors (Lipinski definition) is 4. The average Bonchev–Trinajstić information content (AvgIpc) is 2.67. The van der Waals surface area contributed by atoms with E-state index in [2.05, 4.69) is 15.4 Å². The maximum absolute atomic E-state index is 11.6. The van der Waals surface area contributed by atoms with E-state index < -0.39 is 0 Å². The van der Waals surface area contributed by atoms with Gasteiger partial charge in [-0.2, -0.15) is 15.4 Å². The Bertz CT molecular complexity index is 336. The minimum absolute atomic E-state index is 0.246. The second-order valence-corrected chi connectivity index (χ2v) is 3.32. The van der Waals surface area contributed by atoms with Crippen molar-refractivity contribution in [3.8, 4) is 0 Å². The fourth-order valence-electron chi connectivity index (χ4n) is 0.852. The van der Waals surface area contributed by atoms with Crippen LogP contribution >= 0.6 is 12.2 Å². The third kappa shape index (κ3) is 2.05. The number of likely N-dealkylation sites (N-methyl/N-ethyl adjacent to an activating group) is 1. The molecule has 1 aromatic rings. The van der Waals surface area contributed by atoms with Gasteiger partial charge in [-0.1, -0.05) is 12.2 Å². The molecule has 0 fully saturated rings. The van der Waals surface area contributed by atoms with Crippen LogP contribution in [0.1, 0.15) is 17.4 Å². The Morgan fingerprint density at radius 1 is 1.79 bits per heavy atom. The zero-order chi connectivity index (χ0) is 10.7. The average molecular weight is 213 g/mol. The molecule has 0 saturated heterocycles. The number of nitrogens with zero attached hydrogens (tertiary/aromatic N) is 3. The van der Waals surface area contributed by atoms with Crippen molar-refractivity contribution in [2.24, 2.45) is 5.73 Å². The number of nitrogens with one attached hydrogen (secondary N) is 1. The van der Waals surface area contributed by atoms with Crippen LogP contribution in [0.5, 0.6) is 0 Å². The summed E-state index contributed by atoms with van der Waals surface area (Å²) in [6.07, 6.45) is 1.35. The van der Waals surface area contributed by atoms with Gasteiger partial charge in [0.2, 0.25) is 0 Å². The topological polar surface area (TPSA) is 87.9 Å². The van der Waals surface area contributed by atoms with Crippen molar-refractivity contribution >= 4 is 23.1 Å². The van der Waals surface area contributed by atoms with Gasteiger partial charge >= 0.3 is 0 Å². The first-order valence-corrected chi connectivity index (χ1v) is 4.37. The number of aromatic nitrogens is 3. The molecule has 0 aromatic carbocycles. The Morgan fingerprint density at radius 3 is 2.86 bits per heavy atom. The fraction of sp³-hybridized carbons (Fsp3) is 0.429. The van der Waals surface area contributed by atoms with Crippen LogP contribution in [0, 0.1) is 0 Å². The fourth-order valence-corrected chi connectivity index (χ4v) is 1.01. The first-order valence-electron chi connectivity index (χ1n) is 3.96. The van der Waals surface area contributed by atoms with Crippen molar-refractivity contribution in [2.75, 3.05) is 7.05 Å². The summed E-state index contributed by atoms with van der Waals surface area (Å²) >= 11 is 4.78. The zero-order valence-electron chi connectivity index (χ0n) is 7.89. The molecule has 0 aliphatic carbocycles. The van der Waals surface area contributed by atoms with E-state index in [9.17, 15) is 4.79 Å². The Kier molecular flexibility index (Phi) is 3.13. The molecule has 1 amide bonds.